The fraction of sp³-hybridized carbons (Fsp3) is 0.190. The molecule has 1 aliphatic rings. The third-order valence-corrected chi connectivity index (χ3v) is 4.88. The van der Waals surface area contributed by atoms with Crippen LogP contribution in [0.4, 0.5) is 11.5 Å². The first-order chi connectivity index (χ1) is 14.8. The van der Waals surface area contributed by atoms with Gasteiger partial charge < -0.3 is 15.0 Å². The summed E-state index contributed by atoms with van der Waals surface area (Å²) < 4.78 is 7.03. The highest BCUT2D eigenvalue weighted by atomic mass is 16.5. The minimum atomic E-state index is -0.350. The van der Waals surface area contributed by atoms with Gasteiger partial charge in [0.25, 0.3) is 5.91 Å². The van der Waals surface area contributed by atoms with Crippen LogP contribution in [0.3, 0.4) is 0 Å². The van der Waals surface area contributed by atoms with Crippen LogP contribution in [0, 0.1) is 0 Å². The molecule has 1 fully saturated rings. The number of carbonyl (C=O) groups is 1. The number of benzene rings is 1. The van der Waals surface area contributed by atoms with Crippen molar-refractivity contribution in [1.82, 2.24) is 24.8 Å². The number of ether oxygens (including phenoxy) is 1. The number of rotatable bonds is 4. The maximum absolute atomic E-state index is 12.6. The van der Waals surface area contributed by atoms with Crippen molar-refractivity contribution in [1.29, 1.82) is 0 Å². The Kier molecular flexibility index (Phi) is 4.78. The van der Waals surface area contributed by atoms with Crippen LogP contribution in [-0.2, 0) is 4.74 Å². The molecule has 0 atom stereocenters. The molecule has 150 valence electrons. The molecule has 1 aliphatic heterocycles. The standard InChI is InChI=1S/C21H19N7O2/c29-21(23-18-6-1-2-9-22-18)17-7-8-19-24-25-20(28(19)26-17)15-4-3-5-16(14-15)27-10-12-30-13-11-27/h1-9,14H,10-13H2,(H,22,23,29). The number of pyridine rings is 1. The molecule has 9 heteroatoms. The van der Waals surface area contributed by atoms with E-state index in [1.807, 2.05) is 12.1 Å². The van der Waals surface area contributed by atoms with Gasteiger partial charge in [0.05, 0.1) is 13.2 Å². The highest BCUT2D eigenvalue weighted by Crippen LogP contribution is 2.24. The van der Waals surface area contributed by atoms with Gasteiger partial charge >= 0.3 is 0 Å². The average molecular weight is 401 g/mol. The smallest absolute Gasteiger partial charge is 0.277 e. The van der Waals surface area contributed by atoms with Gasteiger partial charge in [-0.2, -0.15) is 9.61 Å². The van der Waals surface area contributed by atoms with Crippen molar-refractivity contribution < 1.29 is 9.53 Å². The van der Waals surface area contributed by atoms with Gasteiger partial charge in [-0.25, -0.2) is 4.98 Å². The van der Waals surface area contributed by atoms with Crippen LogP contribution in [0.2, 0.25) is 0 Å². The normalized spacial score (nSPS) is 14.1. The van der Waals surface area contributed by atoms with Crippen molar-refractivity contribution in [3.63, 3.8) is 0 Å². The zero-order chi connectivity index (χ0) is 20.3. The number of carbonyl (C=O) groups excluding carboxylic acids is 1. The Morgan fingerprint density at radius 3 is 2.73 bits per heavy atom. The first-order valence-electron chi connectivity index (χ1n) is 9.66. The molecule has 4 heterocycles. The van der Waals surface area contributed by atoms with Crippen LogP contribution in [0.1, 0.15) is 10.5 Å². The Morgan fingerprint density at radius 2 is 1.90 bits per heavy atom. The molecule has 0 bridgehead atoms. The minimum absolute atomic E-state index is 0.249. The highest BCUT2D eigenvalue weighted by Gasteiger charge is 2.16. The van der Waals surface area contributed by atoms with Gasteiger partial charge in [0, 0.05) is 30.5 Å². The van der Waals surface area contributed by atoms with Crippen molar-refractivity contribution in [3.05, 3.63) is 66.5 Å². The number of anilines is 2. The summed E-state index contributed by atoms with van der Waals surface area (Å²) in [6, 6.07) is 16.7. The van der Waals surface area contributed by atoms with Gasteiger partial charge in [-0.15, -0.1) is 10.2 Å². The van der Waals surface area contributed by atoms with Gasteiger partial charge in [0.1, 0.15) is 11.5 Å². The van der Waals surface area contributed by atoms with Crippen molar-refractivity contribution in [2.75, 3.05) is 36.5 Å². The number of aromatic nitrogens is 5. The average Bonchev–Trinajstić information content (AvgIpc) is 3.24. The quantitative estimate of drug-likeness (QED) is 0.560. The first kappa shape index (κ1) is 18.2. The molecule has 5 rings (SSSR count). The van der Waals surface area contributed by atoms with E-state index in [0.29, 0.717) is 30.5 Å². The summed E-state index contributed by atoms with van der Waals surface area (Å²) in [5.41, 5.74) is 2.78. The molecule has 1 amide bonds. The Balaban J connectivity index is 1.47. The molecule has 0 spiro atoms. The lowest BCUT2D eigenvalue weighted by molar-refractivity contribution is 0.102. The minimum Gasteiger partial charge on any atom is -0.378 e. The van der Waals surface area contributed by atoms with E-state index in [1.165, 1.54) is 0 Å². The number of nitrogens with zero attached hydrogens (tertiary/aromatic N) is 6. The van der Waals surface area contributed by atoms with Crippen molar-refractivity contribution in [2.45, 2.75) is 0 Å². The monoisotopic (exact) mass is 401 g/mol. The van der Waals surface area contributed by atoms with Crippen LogP contribution < -0.4 is 10.2 Å². The molecule has 1 saturated heterocycles. The topological polar surface area (TPSA) is 97.5 Å². The molecule has 4 aromatic rings. The number of hydrogen-bond donors (Lipinski definition) is 1. The van der Waals surface area contributed by atoms with Crippen LogP contribution in [0.15, 0.2) is 60.8 Å². The first-order valence-corrected chi connectivity index (χ1v) is 9.66. The molecule has 0 radical (unpaired) electrons. The van der Waals surface area contributed by atoms with E-state index in [1.54, 1.807) is 41.0 Å². The van der Waals surface area contributed by atoms with E-state index in [9.17, 15) is 4.79 Å². The van der Waals surface area contributed by atoms with Crippen molar-refractivity contribution in [3.8, 4) is 11.4 Å². The SMILES string of the molecule is O=C(Nc1ccccn1)c1ccc2nnc(-c3cccc(N4CCOCC4)c3)n2n1. The molecular formula is C21H19N7O2. The maximum Gasteiger partial charge on any atom is 0.277 e. The molecule has 0 aliphatic carbocycles. The van der Waals surface area contributed by atoms with E-state index in [4.69, 9.17) is 4.74 Å². The van der Waals surface area contributed by atoms with Gasteiger partial charge in [-0.1, -0.05) is 18.2 Å². The number of hydrogen-bond acceptors (Lipinski definition) is 7. The highest BCUT2D eigenvalue weighted by molar-refractivity contribution is 6.02. The largest absolute Gasteiger partial charge is 0.378 e. The van der Waals surface area contributed by atoms with E-state index >= 15 is 0 Å². The Labute approximate surface area is 172 Å². The molecule has 0 unspecified atom stereocenters. The second-order valence-corrected chi connectivity index (χ2v) is 6.83. The second-order valence-electron chi connectivity index (χ2n) is 6.83. The fourth-order valence-corrected chi connectivity index (χ4v) is 3.37. The zero-order valence-corrected chi connectivity index (χ0v) is 16.1. The van der Waals surface area contributed by atoms with Gasteiger partial charge in [0.2, 0.25) is 0 Å². The van der Waals surface area contributed by atoms with E-state index in [0.717, 1.165) is 24.3 Å². The van der Waals surface area contributed by atoms with Crippen molar-refractivity contribution >= 4 is 23.1 Å². The predicted octanol–water partition coefficient (Wildman–Crippen LogP) is 2.28. The maximum atomic E-state index is 12.6. The molecule has 30 heavy (non-hydrogen) atoms. The second kappa shape index (κ2) is 7.88. The zero-order valence-electron chi connectivity index (χ0n) is 16.1. The molecular weight excluding hydrogens is 382 g/mol. The summed E-state index contributed by atoms with van der Waals surface area (Å²) in [5, 5.41) is 15.7. The Hall–Kier alpha value is -3.85. The van der Waals surface area contributed by atoms with Gasteiger partial charge in [0.15, 0.2) is 11.5 Å². The number of fused-ring (bicyclic) bond motifs is 1. The van der Waals surface area contributed by atoms with Crippen LogP contribution in [0.5, 0.6) is 0 Å². The van der Waals surface area contributed by atoms with E-state index in [2.05, 4.69) is 42.6 Å². The number of amides is 1. The third kappa shape index (κ3) is 3.58. The number of morpholine rings is 1. The van der Waals surface area contributed by atoms with Crippen LogP contribution >= 0.6 is 0 Å². The van der Waals surface area contributed by atoms with Gasteiger partial charge in [-0.3, -0.25) is 4.79 Å². The van der Waals surface area contributed by atoms with Gasteiger partial charge in [-0.05, 0) is 36.4 Å². The molecule has 3 aromatic heterocycles. The lowest BCUT2D eigenvalue weighted by atomic mass is 10.1. The summed E-state index contributed by atoms with van der Waals surface area (Å²) in [6.07, 6.45) is 1.62. The van der Waals surface area contributed by atoms with E-state index in [-0.39, 0.29) is 11.6 Å². The summed E-state index contributed by atoms with van der Waals surface area (Å²) in [6.45, 7) is 3.13. The molecule has 0 saturated carbocycles. The number of nitrogens with one attached hydrogen (secondary N) is 1. The lowest BCUT2D eigenvalue weighted by Gasteiger charge is -2.29. The fourth-order valence-electron chi connectivity index (χ4n) is 3.37. The predicted molar refractivity (Wildman–Crippen MR) is 111 cm³/mol. The third-order valence-electron chi connectivity index (χ3n) is 4.88. The van der Waals surface area contributed by atoms with E-state index < -0.39 is 0 Å². The summed E-state index contributed by atoms with van der Waals surface area (Å²) >= 11 is 0. The summed E-state index contributed by atoms with van der Waals surface area (Å²) in [7, 11) is 0. The lowest BCUT2D eigenvalue weighted by Crippen LogP contribution is -2.36. The molecule has 1 aromatic carbocycles. The van der Waals surface area contributed by atoms with Crippen molar-refractivity contribution in [2.24, 2.45) is 0 Å². The Morgan fingerprint density at radius 1 is 1.00 bits per heavy atom. The van der Waals surface area contributed by atoms with Crippen LogP contribution in [-0.4, -0.2) is 57.0 Å². The molecule has 1 N–H and O–H groups in total. The molecule has 9 nitrogen and oxygen atoms in total. The Bertz CT molecular complexity index is 1190. The summed E-state index contributed by atoms with van der Waals surface area (Å²) in [4.78, 5) is 19.0. The summed E-state index contributed by atoms with van der Waals surface area (Å²) in [5.74, 6) is 0.691. The van der Waals surface area contributed by atoms with Crippen LogP contribution in [0.25, 0.3) is 17.0 Å².